The van der Waals surface area contributed by atoms with E-state index in [4.69, 9.17) is 5.73 Å². The Balaban J connectivity index is 3.49. The SMILES string of the molecule is C=CC(CCN)N/C=C\C. The number of rotatable bonds is 5. The molecule has 0 aliphatic carbocycles. The van der Waals surface area contributed by atoms with Crippen LogP contribution in [0.2, 0.25) is 0 Å². The van der Waals surface area contributed by atoms with Crippen LogP contribution in [-0.4, -0.2) is 12.6 Å². The zero-order valence-corrected chi connectivity index (χ0v) is 6.51. The van der Waals surface area contributed by atoms with Crippen molar-refractivity contribution in [1.29, 1.82) is 0 Å². The molecule has 0 aliphatic rings. The first kappa shape index (κ1) is 9.24. The van der Waals surface area contributed by atoms with E-state index in [1.807, 2.05) is 25.3 Å². The van der Waals surface area contributed by atoms with Gasteiger partial charge in [-0.2, -0.15) is 0 Å². The molecule has 2 nitrogen and oxygen atoms in total. The first-order chi connectivity index (χ1) is 4.85. The molecule has 0 spiro atoms. The highest BCUT2D eigenvalue weighted by Gasteiger charge is 1.96. The van der Waals surface area contributed by atoms with E-state index in [-0.39, 0.29) is 0 Å². The van der Waals surface area contributed by atoms with Gasteiger partial charge in [-0.15, -0.1) is 6.58 Å². The lowest BCUT2D eigenvalue weighted by Gasteiger charge is -2.09. The van der Waals surface area contributed by atoms with Crippen LogP contribution in [0.1, 0.15) is 13.3 Å². The van der Waals surface area contributed by atoms with E-state index < -0.39 is 0 Å². The van der Waals surface area contributed by atoms with Crippen molar-refractivity contribution in [2.75, 3.05) is 6.54 Å². The lowest BCUT2D eigenvalue weighted by molar-refractivity contribution is 0.647. The molecule has 0 aromatic rings. The van der Waals surface area contributed by atoms with Crippen molar-refractivity contribution in [3.63, 3.8) is 0 Å². The van der Waals surface area contributed by atoms with Gasteiger partial charge in [0.25, 0.3) is 0 Å². The minimum Gasteiger partial charge on any atom is -0.385 e. The minimum atomic E-state index is 0.321. The van der Waals surface area contributed by atoms with Crippen LogP contribution in [0.5, 0.6) is 0 Å². The predicted molar refractivity (Wildman–Crippen MR) is 45.6 cm³/mol. The lowest BCUT2D eigenvalue weighted by atomic mass is 10.2. The predicted octanol–water partition coefficient (Wildman–Crippen LogP) is 1.01. The average molecular weight is 140 g/mol. The molecule has 0 amide bonds. The van der Waals surface area contributed by atoms with E-state index in [1.165, 1.54) is 0 Å². The molecule has 10 heavy (non-hydrogen) atoms. The second-order valence-electron chi connectivity index (χ2n) is 2.09. The quantitative estimate of drug-likeness (QED) is 0.559. The molecule has 0 aromatic heterocycles. The van der Waals surface area contributed by atoms with E-state index in [0.29, 0.717) is 12.6 Å². The molecule has 0 fully saturated rings. The molecule has 0 saturated heterocycles. The van der Waals surface area contributed by atoms with Gasteiger partial charge in [0.05, 0.1) is 0 Å². The van der Waals surface area contributed by atoms with Crippen molar-refractivity contribution in [2.45, 2.75) is 19.4 Å². The summed E-state index contributed by atoms with van der Waals surface area (Å²) >= 11 is 0. The van der Waals surface area contributed by atoms with Gasteiger partial charge in [-0.05, 0) is 26.1 Å². The monoisotopic (exact) mass is 140 g/mol. The van der Waals surface area contributed by atoms with Crippen molar-refractivity contribution in [1.82, 2.24) is 5.32 Å². The molecule has 3 N–H and O–H groups in total. The van der Waals surface area contributed by atoms with Crippen LogP contribution in [0.15, 0.2) is 24.9 Å². The maximum Gasteiger partial charge on any atom is 0.0448 e. The number of nitrogens with one attached hydrogen (secondary N) is 1. The molecule has 0 aliphatic heterocycles. The second-order valence-corrected chi connectivity index (χ2v) is 2.09. The smallest absolute Gasteiger partial charge is 0.0448 e. The highest BCUT2D eigenvalue weighted by atomic mass is 14.9. The summed E-state index contributed by atoms with van der Waals surface area (Å²) in [7, 11) is 0. The van der Waals surface area contributed by atoms with Gasteiger partial charge >= 0.3 is 0 Å². The molecule has 0 radical (unpaired) electrons. The van der Waals surface area contributed by atoms with Gasteiger partial charge in [-0.3, -0.25) is 0 Å². The Morgan fingerprint density at radius 3 is 2.80 bits per heavy atom. The molecule has 2 heteroatoms. The summed E-state index contributed by atoms with van der Waals surface area (Å²) < 4.78 is 0. The van der Waals surface area contributed by atoms with Crippen LogP contribution in [-0.2, 0) is 0 Å². The molecule has 0 bridgehead atoms. The van der Waals surface area contributed by atoms with Gasteiger partial charge in [0.1, 0.15) is 0 Å². The van der Waals surface area contributed by atoms with Gasteiger partial charge < -0.3 is 11.1 Å². The molecule has 0 saturated carbocycles. The second kappa shape index (κ2) is 6.36. The molecule has 1 atom stereocenters. The maximum absolute atomic E-state index is 5.36. The summed E-state index contributed by atoms with van der Waals surface area (Å²) in [5.74, 6) is 0. The summed E-state index contributed by atoms with van der Waals surface area (Å²) in [6.07, 6.45) is 6.66. The van der Waals surface area contributed by atoms with Crippen molar-refractivity contribution in [3.8, 4) is 0 Å². The highest BCUT2D eigenvalue weighted by Crippen LogP contribution is 1.89. The number of hydrogen-bond donors (Lipinski definition) is 2. The largest absolute Gasteiger partial charge is 0.385 e. The van der Waals surface area contributed by atoms with Gasteiger partial charge in [0.15, 0.2) is 0 Å². The van der Waals surface area contributed by atoms with Crippen LogP contribution < -0.4 is 11.1 Å². The standard InChI is InChI=1S/C8H16N2/c1-3-7-10-8(4-2)5-6-9/h3-4,7-8,10H,2,5-6,9H2,1H3/b7-3-. The Hall–Kier alpha value is -0.760. The van der Waals surface area contributed by atoms with Crippen LogP contribution >= 0.6 is 0 Å². The summed E-state index contributed by atoms with van der Waals surface area (Å²) in [6, 6.07) is 0.321. The van der Waals surface area contributed by atoms with Crippen LogP contribution in [0, 0.1) is 0 Å². The fourth-order valence-electron chi connectivity index (χ4n) is 0.669. The number of hydrogen-bond acceptors (Lipinski definition) is 2. The fourth-order valence-corrected chi connectivity index (χ4v) is 0.669. The molecule has 0 aromatic carbocycles. The normalized spacial score (nSPS) is 13.4. The molecular weight excluding hydrogens is 124 g/mol. The Labute approximate surface area is 62.8 Å². The van der Waals surface area contributed by atoms with E-state index in [1.54, 1.807) is 0 Å². The van der Waals surface area contributed by atoms with Crippen LogP contribution in [0.4, 0.5) is 0 Å². The summed E-state index contributed by atoms with van der Waals surface area (Å²) in [5, 5.41) is 3.14. The Bertz CT molecular complexity index is 108. The van der Waals surface area contributed by atoms with Gasteiger partial charge in [-0.25, -0.2) is 0 Å². The molecule has 0 heterocycles. The van der Waals surface area contributed by atoms with Crippen molar-refractivity contribution in [2.24, 2.45) is 5.73 Å². The molecule has 1 unspecified atom stereocenters. The molecule has 0 rings (SSSR count). The summed E-state index contributed by atoms with van der Waals surface area (Å²) in [5.41, 5.74) is 5.36. The van der Waals surface area contributed by atoms with Crippen molar-refractivity contribution >= 4 is 0 Å². The van der Waals surface area contributed by atoms with Crippen LogP contribution in [0.3, 0.4) is 0 Å². The Morgan fingerprint density at radius 2 is 2.40 bits per heavy atom. The third kappa shape index (κ3) is 4.15. The lowest BCUT2D eigenvalue weighted by Crippen LogP contribution is -2.24. The van der Waals surface area contributed by atoms with Crippen molar-refractivity contribution < 1.29 is 0 Å². The number of nitrogens with two attached hydrogens (primary N) is 1. The third-order valence-corrected chi connectivity index (χ3v) is 1.24. The maximum atomic E-state index is 5.36. The first-order valence-electron chi connectivity index (χ1n) is 3.55. The highest BCUT2D eigenvalue weighted by molar-refractivity contribution is 4.90. The van der Waals surface area contributed by atoms with E-state index in [0.717, 1.165) is 6.42 Å². The van der Waals surface area contributed by atoms with Gasteiger partial charge in [-0.1, -0.05) is 12.2 Å². The van der Waals surface area contributed by atoms with E-state index in [9.17, 15) is 0 Å². The topological polar surface area (TPSA) is 38.0 Å². The minimum absolute atomic E-state index is 0.321. The Kier molecular flexibility index (Phi) is 5.88. The number of allylic oxidation sites excluding steroid dienone is 1. The summed E-state index contributed by atoms with van der Waals surface area (Å²) in [4.78, 5) is 0. The Morgan fingerprint density at radius 1 is 1.70 bits per heavy atom. The third-order valence-electron chi connectivity index (χ3n) is 1.24. The van der Waals surface area contributed by atoms with Crippen molar-refractivity contribution in [3.05, 3.63) is 24.9 Å². The van der Waals surface area contributed by atoms with Crippen LogP contribution in [0.25, 0.3) is 0 Å². The molecule has 58 valence electrons. The zero-order chi connectivity index (χ0) is 7.82. The fraction of sp³-hybridized carbons (Fsp3) is 0.500. The van der Waals surface area contributed by atoms with E-state index in [2.05, 4.69) is 11.9 Å². The summed E-state index contributed by atoms with van der Waals surface area (Å²) in [6.45, 7) is 6.34. The average Bonchev–Trinajstić information content (AvgIpc) is 1.98. The molecular formula is C8H16N2. The van der Waals surface area contributed by atoms with E-state index >= 15 is 0 Å². The first-order valence-corrected chi connectivity index (χ1v) is 3.55. The zero-order valence-electron chi connectivity index (χ0n) is 6.51. The van der Waals surface area contributed by atoms with Gasteiger partial charge in [0, 0.05) is 6.04 Å². The van der Waals surface area contributed by atoms with Gasteiger partial charge in [0.2, 0.25) is 0 Å².